The third-order valence-corrected chi connectivity index (χ3v) is 4.16. The van der Waals surface area contributed by atoms with Crippen LogP contribution in [-0.2, 0) is 0 Å². The van der Waals surface area contributed by atoms with E-state index in [9.17, 15) is 0 Å². The number of nitrogens with one attached hydrogen (secondary N) is 1. The Hall–Kier alpha value is -1.42. The molecule has 1 fully saturated rings. The predicted molar refractivity (Wildman–Crippen MR) is 79.5 cm³/mol. The van der Waals surface area contributed by atoms with Crippen molar-refractivity contribution in [3.63, 3.8) is 0 Å². The van der Waals surface area contributed by atoms with E-state index in [2.05, 4.69) is 33.8 Å². The van der Waals surface area contributed by atoms with Crippen LogP contribution in [0, 0.1) is 10.7 Å². The Morgan fingerprint density at radius 2 is 2.11 bits per heavy atom. The molecule has 1 aliphatic carbocycles. The van der Waals surface area contributed by atoms with Gasteiger partial charge < -0.3 is 0 Å². The fourth-order valence-electron chi connectivity index (χ4n) is 2.63. The zero-order valence-corrected chi connectivity index (χ0v) is 12.0. The van der Waals surface area contributed by atoms with Crippen LogP contribution in [0.25, 0.3) is 11.4 Å². The maximum atomic E-state index is 5.43. The van der Waals surface area contributed by atoms with Gasteiger partial charge in [0.15, 0.2) is 10.6 Å². The van der Waals surface area contributed by atoms with Gasteiger partial charge in [0.2, 0.25) is 0 Å². The molecule has 3 rings (SSSR count). The van der Waals surface area contributed by atoms with Crippen LogP contribution in [0.3, 0.4) is 0 Å². The van der Waals surface area contributed by atoms with Gasteiger partial charge in [0, 0.05) is 11.6 Å². The van der Waals surface area contributed by atoms with Crippen molar-refractivity contribution in [1.82, 2.24) is 14.8 Å². The maximum Gasteiger partial charge on any atom is 0.195 e. The van der Waals surface area contributed by atoms with Crippen molar-refractivity contribution in [2.24, 2.45) is 5.92 Å². The highest BCUT2D eigenvalue weighted by Crippen LogP contribution is 2.39. The van der Waals surface area contributed by atoms with Crippen molar-refractivity contribution in [2.45, 2.75) is 38.6 Å². The minimum absolute atomic E-state index is 0.467. The van der Waals surface area contributed by atoms with Gasteiger partial charge in [-0.3, -0.25) is 9.67 Å². The van der Waals surface area contributed by atoms with Gasteiger partial charge in [0.05, 0.1) is 0 Å². The van der Waals surface area contributed by atoms with Gasteiger partial charge in [0.1, 0.15) is 0 Å². The van der Waals surface area contributed by atoms with Crippen LogP contribution >= 0.6 is 12.2 Å². The minimum atomic E-state index is 0.467. The first-order valence-corrected chi connectivity index (χ1v) is 7.42. The summed E-state index contributed by atoms with van der Waals surface area (Å²) < 4.78 is 2.95. The van der Waals surface area contributed by atoms with Crippen LogP contribution in [0.1, 0.15) is 38.6 Å². The molecule has 0 saturated heterocycles. The lowest BCUT2D eigenvalue weighted by atomic mass is 10.1. The maximum absolute atomic E-state index is 5.43. The normalized spacial score (nSPS) is 16.5. The number of hydrogen-bond donors (Lipinski definition) is 1. The molecule has 4 heteroatoms. The van der Waals surface area contributed by atoms with Crippen molar-refractivity contribution in [3.05, 3.63) is 35.1 Å². The summed E-state index contributed by atoms with van der Waals surface area (Å²) in [6, 6.07) is 10.8. The van der Waals surface area contributed by atoms with Gasteiger partial charge in [0.25, 0.3) is 0 Å². The van der Waals surface area contributed by atoms with Gasteiger partial charge in [-0.05, 0) is 31.0 Å². The van der Waals surface area contributed by atoms with Crippen LogP contribution in [0.15, 0.2) is 30.3 Å². The highest BCUT2D eigenvalue weighted by Gasteiger charge is 2.27. The molecule has 1 saturated carbocycles. The number of nitrogens with zero attached hydrogens (tertiary/aromatic N) is 2. The van der Waals surface area contributed by atoms with Crippen molar-refractivity contribution >= 4 is 12.2 Å². The van der Waals surface area contributed by atoms with Gasteiger partial charge in [-0.15, -0.1) is 0 Å². The van der Waals surface area contributed by atoms with Gasteiger partial charge in [-0.25, -0.2) is 0 Å². The van der Waals surface area contributed by atoms with Gasteiger partial charge in [-0.2, -0.15) is 5.10 Å². The highest BCUT2D eigenvalue weighted by atomic mass is 32.1. The second-order valence-corrected chi connectivity index (χ2v) is 5.72. The lowest BCUT2D eigenvalue weighted by Gasteiger charge is -2.18. The Bertz CT molecular complexity index is 595. The van der Waals surface area contributed by atoms with Crippen molar-refractivity contribution in [1.29, 1.82) is 0 Å². The van der Waals surface area contributed by atoms with E-state index in [1.165, 1.54) is 19.3 Å². The zero-order chi connectivity index (χ0) is 13.2. The second-order valence-electron chi connectivity index (χ2n) is 5.33. The van der Waals surface area contributed by atoms with E-state index in [0.717, 1.165) is 28.5 Å². The molecule has 1 unspecified atom stereocenters. The SMILES string of the molecule is CCC(CC1CC1)n1c(-c2ccccc2)n[nH]c1=S. The number of rotatable bonds is 5. The fourth-order valence-corrected chi connectivity index (χ4v) is 2.91. The summed E-state index contributed by atoms with van der Waals surface area (Å²) in [5.41, 5.74) is 1.13. The summed E-state index contributed by atoms with van der Waals surface area (Å²) in [6.07, 6.45) is 5.08. The smallest absolute Gasteiger partial charge is 0.195 e. The summed E-state index contributed by atoms with van der Waals surface area (Å²) in [5.74, 6) is 1.86. The van der Waals surface area contributed by atoms with Crippen LogP contribution in [-0.4, -0.2) is 14.8 Å². The summed E-state index contributed by atoms with van der Waals surface area (Å²) in [7, 11) is 0. The lowest BCUT2D eigenvalue weighted by Crippen LogP contribution is -2.11. The van der Waals surface area contributed by atoms with E-state index in [-0.39, 0.29) is 0 Å². The average molecular weight is 273 g/mol. The van der Waals surface area contributed by atoms with E-state index in [1.54, 1.807) is 0 Å². The molecule has 0 spiro atoms. The number of benzene rings is 1. The van der Waals surface area contributed by atoms with E-state index in [1.807, 2.05) is 18.2 Å². The summed E-state index contributed by atoms with van der Waals surface area (Å²) in [6.45, 7) is 2.23. The Morgan fingerprint density at radius 1 is 1.37 bits per heavy atom. The van der Waals surface area contributed by atoms with Crippen molar-refractivity contribution < 1.29 is 0 Å². The number of aromatic nitrogens is 3. The van der Waals surface area contributed by atoms with E-state index < -0.39 is 0 Å². The molecule has 0 amide bonds. The average Bonchev–Trinajstić information content (AvgIpc) is 3.19. The Balaban J connectivity index is 1.99. The quantitative estimate of drug-likeness (QED) is 0.821. The van der Waals surface area contributed by atoms with Gasteiger partial charge in [-0.1, -0.05) is 50.1 Å². The molecule has 0 bridgehead atoms. The molecule has 1 atom stereocenters. The zero-order valence-electron chi connectivity index (χ0n) is 11.2. The number of H-pyrrole nitrogens is 1. The summed E-state index contributed by atoms with van der Waals surface area (Å²) in [4.78, 5) is 0. The molecule has 1 aromatic heterocycles. The highest BCUT2D eigenvalue weighted by molar-refractivity contribution is 7.71. The largest absolute Gasteiger partial charge is 0.297 e. The van der Waals surface area contributed by atoms with Crippen molar-refractivity contribution in [2.75, 3.05) is 0 Å². The molecule has 3 nitrogen and oxygen atoms in total. The van der Waals surface area contributed by atoms with Crippen LogP contribution in [0.5, 0.6) is 0 Å². The first-order chi connectivity index (χ1) is 9.29. The van der Waals surface area contributed by atoms with Gasteiger partial charge >= 0.3 is 0 Å². The topological polar surface area (TPSA) is 33.6 Å². The molecule has 1 aromatic carbocycles. The molecule has 0 aliphatic heterocycles. The molecule has 2 aromatic rings. The summed E-state index contributed by atoms with van der Waals surface area (Å²) >= 11 is 5.43. The Morgan fingerprint density at radius 3 is 2.74 bits per heavy atom. The minimum Gasteiger partial charge on any atom is -0.297 e. The molecule has 19 heavy (non-hydrogen) atoms. The van der Waals surface area contributed by atoms with Crippen molar-refractivity contribution in [3.8, 4) is 11.4 Å². The van der Waals surface area contributed by atoms with Crippen LogP contribution in [0.2, 0.25) is 0 Å². The first kappa shape index (κ1) is 12.6. The van der Waals surface area contributed by atoms with E-state index in [0.29, 0.717) is 6.04 Å². The standard InChI is InChI=1S/C15H19N3S/c1-2-13(10-11-8-9-11)18-14(16-17-15(18)19)12-6-4-3-5-7-12/h3-7,11,13H,2,8-10H2,1H3,(H,17,19). The molecule has 1 aliphatic rings. The number of hydrogen-bond acceptors (Lipinski definition) is 2. The molecule has 100 valence electrons. The molecule has 1 N–H and O–H groups in total. The van der Waals surface area contributed by atoms with E-state index >= 15 is 0 Å². The van der Waals surface area contributed by atoms with Crippen LogP contribution in [0.4, 0.5) is 0 Å². The molecule has 1 heterocycles. The van der Waals surface area contributed by atoms with Crippen LogP contribution < -0.4 is 0 Å². The Labute approximate surface area is 118 Å². The lowest BCUT2D eigenvalue weighted by molar-refractivity contribution is 0.427. The Kier molecular flexibility index (Phi) is 3.51. The van der Waals surface area contributed by atoms with E-state index in [4.69, 9.17) is 12.2 Å². The second kappa shape index (κ2) is 5.29. The number of aromatic amines is 1. The third kappa shape index (κ3) is 2.63. The molecule has 0 radical (unpaired) electrons. The molecular weight excluding hydrogens is 254 g/mol. The monoisotopic (exact) mass is 273 g/mol. The third-order valence-electron chi connectivity index (χ3n) is 3.88. The first-order valence-electron chi connectivity index (χ1n) is 7.02. The fraction of sp³-hybridized carbons (Fsp3) is 0.467. The molecular formula is C15H19N3S. The summed E-state index contributed by atoms with van der Waals surface area (Å²) in [5, 5.41) is 7.39. The predicted octanol–water partition coefficient (Wildman–Crippen LogP) is 4.36.